The maximum atomic E-state index is 13.2. The van der Waals surface area contributed by atoms with Gasteiger partial charge >= 0.3 is 6.03 Å². The fourth-order valence-electron chi connectivity index (χ4n) is 4.87. The third-order valence-electron chi connectivity index (χ3n) is 6.68. The van der Waals surface area contributed by atoms with E-state index in [9.17, 15) is 9.59 Å². The van der Waals surface area contributed by atoms with Crippen molar-refractivity contribution in [3.63, 3.8) is 0 Å². The van der Waals surface area contributed by atoms with Gasteiger partial charge in [0.15, 0.2) is 5.78 Å². The van der Waals surface area contributed by atoms with Gasteiger partial charge in [-0.05, 0) is 55.6 Å². The number of halogens is 1. The molecule has 3 aliphatic rings. The molecule has 2 aliphatic heterocycles. The molecule has 2 aromatic carbocycles. The third kappa shape index (κ3) is 3.79. The maximum Gasteiger partial charge on any atom is 0.326 e. The molecule has 2 amide bonds. The van der Waals surface area contributed by atoms with E-state index in [4.69, 9.17) is 11.6 Å². The number of piperazine rings is 1. The van der Waals surface area contributed by atoms with Gasteiger partial charge in [0.25, 0.3) is 0 Å². The molecule has 0 saturated carbocycles. The van der Waals surface area contributed by atoms with Crippen LogP contribution in [0.5, 0.6) is 0 Å². The number of hydrogen-bond donors (Lipinski definition) is 1. The van der Waals surface area contributed by atoms with Gasteiger partial charge in [0.05, 0.1) is 16.4 Å². The van der Waals surface area contributed by atoms with E-state index in [2.05, 4.69) is 28.2 Å². The molecule has 2 aromatic rings. The first kappa shape index (κ1) is 20.3. The SMILES string of the molecule is CN1CCN(c2cc3c(cc2Cl)CCN3C(=O)Nc2cccc3c2CCCC3=O)CC1. The molecular weight excluding hydrogens is 412 g/mol. The van der Waals surface area contributed by atoms with E-state index in [1.807, 2.05) is 24.3 Å². The Morgan fingerprint density at radius 3 is 2.61 bits per heavy atom. The number of carbonyl (C=O) groups excluding carboxylic acids is 2. The van der Waals surface area contributed by atoms with E-state index in [0.717, 1.165) is 84.2 Å². The Balaban J connectivity index is 1.40. The van der Waals surface area contributed by atoms with Gasteiger partial charge in [-0.15, -0.1) is 0 Å². The molecule has 31 heavy (non-hydrogen) atoms. The van der Waals surface area contributed by atoms with E-state index in [1.54, 1.807) is 4.90 Å². The predicted octanol–water partition coefficient (Wildman–Crippen LogP) is 4.21. The summed E-state index contributed by atoms with van der Waals surface area (Å²) in [4.78, 5) is 31.9. The summed E-state index contributed by atoms with van der Waals surface area (Å²) < 4.78 is 0. The number of amides is 2. The maximum absolute atomic E-state index is 13.2. The van der Waals surface area contributed by atoms with Crippen molar-refractivity contribution >= 4 is 40.5 Å². The van der Waals surface area contributed by atoms with Gasteiger partial charge in [0.2, 0.25) is 0 Å². The molecule has 0 unspecified atom stereocenters. The number of benzene rings is 2. The molecule has 0 aromatic heterocycles. The molecule has 1 saturated heterocycles. The molecule has 162 valence electrons. The zero-order valence-corrected chi connectivity index (χ0v) is 18.5. The summed E-state index contributed by atoms with van der Waals surface area (Å²) in [6, 6.07) is 9.53. The Bertz CT molecular complexity index is 1050. The summed E-state index contributed by atoms with van der Waals surface area (Å²) in [7, 11) is 2.13. The molecule has 1 fully saturated rings. The van der Waals surface area contributed by atoms with Crippen molar-refractivity contribution in [2.75, 3.05) is 54.9 Å². The average molecular weight is 439 g/mol. The van der Waals surface area contributed by atoms with Gasteiger partial charge in [-0.2, -0.15) is 0 Å². The highest BCUT2D eigenvalue weighted by Gasteiger charge is 2.29. The zero-order valence-electron chi connectivity index (χ0n) is 17.8. The first-order chi connectivity index (χ1) is 15.0. The van der Waals surface area contributed by atoms with Crippen LogP contribution in [0.4, 0.5) is 21.9 Å². The van der Waals surface area contributed by atoms with Crippen LogP contribution >= 0.6 is 11.6 Å². The standard InChI is InChI=1S/C24H27ClN4O2/c1-27-10-12-28(13-11-27)22-15-21-16(14-19(22)25)8-9-29(21)24(31)26-20-6-2-5-18-17(20)4-3-7-23(18)30/h2,5-6,14-15H,3-4,7-13H2,1H3,(H,26,31). The highest BCUT2D eigenvalue weighted by Crippen LogP contribution is 2.38. The van der Waals surface area contributed by atoms with Crippen LogP contribution in [0.2, 0.25) is 5.02 Å². The topological polar surface area (TPSA) is 55.9 Å². The number of hydrogen-bond acceptors (Lipinski definition) is 4. The molecule has 6 nitrogen and oxygen atoms in total. The predicted molar refractivity (Wildman–Crippen MR) is 125 cm³/mol. The smallest absolute Gasteiger partial charge is 0.326 e. The van der Waals surface area contributed by atoms with Crippen molar-refractivity contribution in [3.05, 3.63) is 52.0 Å². The molecular formula is C24H27ClN4O2. The Morgan fingerprint density at radius 2 is 1.81 bits per heavy atom. The first-order valence-electron chi connectivity index (χ1n) is 11.0. The van der Waals surface area contributed by atoms with E-state index < -0.39 is 0 Å². The second-order valence-corrected chi connectivity index (χ2v) is 9.07. The summed E-state index contributed by atoms with van der Waals surface area (Å²) in [5.41, 5.74) is 5.48. The van der Waals surface area contributed by atoms with Crippen molar-refractivity contribution in [1.29, 1.82) is 0 Å². The fourth-order valence-corrected chi connectivity index (χ4v) is 5.18. The van der Waals surface area contributed by atoms with E-state index in [-0.39, 0.29) is 11.8 Å². The van der Waals surface area contributed by atoms with E-state index >= 15 is 0 Å². The lowest BCUT2D eigenvalue weighted by atomic mass is 9.89. The molecule has 5 rings (SSSR count). The first-order valence-corrected chi connectivity index (χ1v) is 11.4. The lowest BCUT2D eigenvalue weighted by Gasteiger charge is -2.35. The summed E-state index contributed by atoms with van der Waals surface area (Å²) in [6.07, 6.45) is 3.02. The van der Waals surface area contributed by atoms with Gasteiger partial charge in [0.1, 0.15) is 0 Å². The molecule has 7 heteroatoms. The van der Waals surface area contributed by atoms with Crippen LogP contribution in [0.1, 0.15) is 34.3 Å². The summed E-state index contributed by atoms with van der Waals surface area (Å²) >= 11 is 6.62. The fraction of sp³-hybridized carbons (Fsp3) is 0.417. The van der Waals surface area contributed by atoms with Crippen LogP contribution < -0.4 is 15.1 Å². The number of likely N-dealkylation sites (N-methyl/N-ethyl adjacent to an activating group) is 1. The second-order valence-electron chi connectivity index (χ2n) is 8.66. The normalized spacial score (nSPS) is 18.7. The summed E-state index contributed by atoms with van der Waals surface area (Å²) in [5, 5.41) is 3.83. The van der Waals surface area contributed by atoms with Crippen LogP contribution in [-0.2, 0) is 12.8 Å². The number of Topliss-reactive ketones (excluding diaryl/α,β-unsaturated/α-hetero) is 1. The minimum atomic E-state index is -0.156. The van der Waals surface area contributed by atoms with Crippen LogP contribution in [0.15, 0.2) is 30.3 Å². The number of anilines is 3. The van der Waals surface area contributed by atoms with E-state index in [1.165, 1.54) is 0 Å². The average Bonchev–Trinajstić information content (AvgIpc) is 3.17. The minimum Gasteiger partial charge on any atom is -0.368 e. The Hall–Kier alpha value is -2.57. The Morgan fingerprint density at radius 1 is 1.00 bits per heavy atom. The quantitative estimate of drug-likeness (QED) is 0.763. The molecule has 0 bridgehead atoms. The second kappa shape index (κ2) is 8.17. The van der Waals surface area contributed by atoms with Crippen molar-refractivity contribution in [2.45, 2.75) is 25.7 Å². The molecule has 1 aliphatic carbocycles. The Labute approximate surface area is 187 Å². The molecule has 0 atom stereocenters. The monoisotopic (exact) mass is 438 g/mol. The molecule has 1 N–H and O–H groups in total. The number of carbonyl (C=O) groups is 2. The number of fused-ring (bicyclic) bond motifs is 2. The zero-order chi connectivity index (χ0) is 21.5. The van der Waals surface area contributed by atoms with Gasteiger partial charge in [0, 0.05) is 50.4 Å². The molecule has 2 heterocycles. The molecule has 0 radical (unpaired) electrons. The highest BCUT2D eigenvalue weighted by atomic mass is 35.5. The number of nitrogens with zero attached hydrogens (tertiary/aromatic N) is 3. The van der Waals surface area contributed by atoms with Crippen LogP contribution in [-0.4, -0.2) is 56.5 Å². The number of rotatable bonds is 2. The number of ketones is 1. The number of urea groups is 1. The van der Waals surface area contributed by atoms with Crippen molar-refractivity contribution in [3.8, 4) is 0 Å². The van der Waals surface area contributed by atoms with Gasteiger partial charge in [-0.25, -0.2) is 4.79 Å². The van der Waals surface area contributed by atoms with Gasteiger partial charge in [-0.3, -0.25) is 9.69 Å². The van der Waals surface area contributed by atoms with Crippen LogP contribution in [0, 0.1) is 0 Å². The van der Waals surface area contributed by atoms with Crippen LogP contribution in [0.3, 0.4) is 0 Å². The van der Waals surface area contributed by atoms with Crippen LogP contribution in [0.25, 0.3) is 0 Å². The Kier molecular flexibility index (Phi) is 5.36. The number of nitrogens with one attached hydrogen (secondary N) is 1. The highest BCUT2D eigenvalue weighted by molar-refractivity contribution is 6.33. The van der Waals surface area contributed by atoms with Gasteiger partial charge in [-0.1, -0.05) is 23.7 Å². The van der Waals surface area contributed by atoms with Crippen molar-refractivity contribution in [1.82, 2.24) is 4.90 Å². The lowest BCUT2D eigenvalue weighted by Crippen LogP contribution is -2.44. The van der Waals surface area contributed by atoms with Crippen molar-refractivity contribution in [2.24, 2.45) is 0 Å². The summed E-state index contributed by atoms with van der Waals surface area (Å²) in [6.45, 7) is 4.46. The van der Waals surface area contributed by atoms with Crippen molar-refractivity contribution < 1.29 is 9.59 Å². The van der Waals surface area contributed by atoms with Gasteiger partial charge < -0.3 is 15.1 Å². The van der Waals surface area contributed by atoms with E-state index in [0.29, 0.717) is 13.0 Å². The minimum absolute atomic E-state index is 0.156. The third-order valence-corrected chi connectivity index (χ3v) is 6.98. The lowest BCUT2D eigenvalue weighted by molar-refractivity contribution is 0.0972. The molecule has 0 spiro atoms. The summed E-state index contributed by atoms with van der Waals surface area (Å²) in [5.74, 6) is 0.162. The largest absolute Gasteiger partial charge is 0.368 e.